The van der Waals surface area contributed by atoms with Gasteiger partial charge in [0, 0.05) is 12.0 Å². The Morgan fingerprint density at radius 1 is 1.19 bits per heavy atom. The van der Waals surface area contributed by atoms with Crippen molar-refractivity contribution in [3.63, 3.8) is 0 Å². The van der Waals surface area contributed by atoms with Crippen LogP contribution in [0.4, 0.5) is 0 Å². The Hall–Kier alpha value is -2.70. The number of aryl methyl sites for hydroxylation is 2. The highest BCUT2D eigenvalue weighted by atomic mass is 16.2. The first-order valence-electron chi connectivity index (χ1n) is 6.69. The second kappa shape index (κ2) is 7.18. The van der Waals surface area contributed by atoms with Crippen LogP contribution < -0.4 is 10.9 Å². The number of hydrogen-bond acceptors (Lipinski definition) is 4. The van der Waals surface area contributed by atoms with E-state index in [9.17, 15) is 9.59 Å². The fraction of sp³-hybridized carbons (Fsp3) is 0.286. The van der Waals surface area contributed by atoms with Gasteiger partial charge in [0.15, 0.2) is 0 Å². The average molecular weight is 287 g/mol. The molecule has 2 amide bonds. The summed E-state index contributed by atoms with van der Waals surface area (Å²) in [5.41, 5.74) is 6.41. The lowest BCUT2D eigenvalue weighted by molar-refractivity contribution is -0.122. The molecule has 0 spiro atoms. The summed E-state index contributed by atoms with van der Waals surface area (Å²) in [5, 5.41) is 3.89. The van der Waals surface area contributed by atoms with Gasteiger partial charge in [0.2, 0.25) is 5.91 Å². The first kappa shape index (κ1) is 14.7. The van der Waals surface area contributed by atoms with Gasteiger partial charge >= 0.3 is 0 Å². The van der Waals surface area contributed by atoms with Gasteiger partial charge in [0.25, 0.3) is 5.91 Å². The maximum atomic E-state index is 11.8. The molecule has 1 aromatic carbocycles. The van der Waals surface area contributed by atoms with Crippen LogP contribution in [-0.2, 0) is 17.8 Å². The number of nitrogens with zero attached hydrogens (tertiary/aromatic N) is 3. The Kier molecular flexibility index (Phi) is 5.03. The van der Waals surface area contributed by atoms with Gasteiger partial charge in [-0.05, 0) is 24.1 Å². The largest absolute Gasteiger partial charge is 0.273 e. The molecule has 0 saturated heterocycles. The molecular weight excluding hydrogens is 270 g/mol. The smallest absolute Gasteiger partial charge is 0.269 e. The Morgan fingerprint density at radius 2 is 1.95 bits per heavy atom. The maximum absolute atomic E-state index is 11.8. The number of benzene rings is 1. The zero-order valence-corrected chi connectivity index (χ0v) is 11.7. The number of rotatable bonds is 5. The highest BCUT2D eigenvalue weighted by Gasteiger charge is 2.07. The third-order valence-electron chi connectivity index (χ3n) is 2.97. The number of carbonyl (C=O) groups is 2. The molecule has 0 saturated carbocycles. The van der Waals surface area contributed by atoms with E-state index in [1.165, 1.54) is 12.7 Å². The summed E-state index contributed by atoms with van der Waals surface area (Å²) >= 11 is 0. The molecule has 1 aromatic heterocycles. The molecule has 0 aliphatic carbocycles. The van der Waals surface area contributed by atoms with Crippen LogP contribution in [0.5, 0.6) is 0 Å². The van der Waals surface area contributed by atoms with E-state index in [1.807, 2.05) is 19.1 Å². The van der Waals surface area contributed by atoms with Gasteiger partial charge in [-0.15, -0.1) is 0 Å². The molecule has 7 heteroatoms. The van der Waals surface area contributed by atoms with Crippen molar-refractivity contribution in [2.24, 2.45) is 0 Å². The fourth-order valence-electron chi connectivity index (χ4n) is 1.72. The second-order valence-corrected chi connectivity index (χ2v) is 4.46. The minimum Gasteiger partial charge on any atom is -0.273 e. The Labute approximate surface area is 122 Å². The highest BCUT2D eigenvalue weighted by Crippen LogP contribution is 2.04. The zero-order chi connectivity index (χ0) is 15.1. The van der Waals surface area contributed by atoms with Gasteiger partial charge in [0.1, 0.15) is 12.7 Å². The molecule has 2 N–H and O–H groups in total. The van der Waals surface area contributed by atoms with E-state index in [4.69, 9.17) is 0 Å². The lowest BCUT2D eigenvalue weighted by Gasteiger charge is -2.07. The second-order valence-electron chi connectivity index (χ2n) is 4.46. The molecule has 1 heterocycles. The molecule has 7 nitrogen and oxygen atoms in total. The van der Waals surface area contributed by atoms with Crippen LogP contribution in [0.15, 0.2) is 36.9 Å². The van der Waals surface area contributed by atoms with Crippen LogP contribution in [0.25, 0.3) is 0 Å². The number of aromatic nitrogens is 3. The van der Waals surface area contributed by atoms with Crippen molar-refractivity contribution in [1.29, 1.82) is 0 Å². The van der Waals surface area contributed by atoms with Crippen molar-refractivity contribution in [3.8, 4) is 0 Å². The Balaban J connectivity index is 1.76. The van der Waals surface area contributed by atoms with Crippen molar-refractivity contribution >= 4 is 11.8 Å². The van der Waals surface area contributed by atoms with Crippen LogP contribution in [0.1, 0.15) is 29.3 Å². The molecule has 0 bridgehead atoms. The van der Waals surface area contributed by atoms with Crippen LogP contribution in [-0.4, -0.2) is 26.6 Å². The molecule has 2 rings (SSSR count). The molecule has 21 heavy (non-hydrogen) atoms. The molecule has 0 fully saturated rings. The molecule has 0 radical (unpaired) electrons. The topological polar surface area (TPSA) is 88.9 Å². The molecule has 0 aliphatic heterocycles. The van der Waals surface area contributed by atoms with E-state index < -0.39 is 0 Å². The third-order valence-corrected chi connectivity index (χ3v) is 2.97. The van der Waals surface area contributed by atoms with Crippen LogP contribution in [0.2, 0.25) is 0 Å². The Morgan fingerprint density at radius 3 is 2.57 bits per heavy atom. The lowest BCUT2D eigenvalue weighted by Crippen LogP contribution is -2.41. The number of hydrazine groups is 1. The van der Waals surface area contributed by atoms with Gasteiger partial charge in [-0.1, -0.05) is 19.1 Å². The summed E-state index contributed by atoms with van der Waals surface area (Å²) in [6.07, 6.45) is 4.06. The molecule has 2 aromatic rings. The van der Waals surface area contributed by atoms with Crippen LogP contribution in [0, 0.1) is 0 Å². The van der Waals surface area contributed by atoms with E-state index in [2.05, 4.69) is 20.9 Å². The minimum atomic E-state index is -0.341. The number of hydrogen-bond donors (Lipinski definition) is 2. The van der Waals surface area contributed by atoms with Crippen molar-refractivity contribution in [2.75, 3.05) is 0 Å². The molecule has 0 atom stereocenters. The van der Waals surface area contributed by atoms with Gasteiger partial charge in [0.05, 0.1) is 6.54 Å². The number of nitrogens with one attached hydrogen (secondary N) is 2. The minimum absolute atomic E-state index is 0.207. The van der Waals surface area contributed by atoms with Crippen LogP contribution in [0.3, 0.4) is 0 Å². The normalized spacial score (nSPS) is 10.1. The molecule has 0 aliphatic rings. The molecular formula is C14H17N5O2. The van der Waals surface area contributed by atoms with Gasteiger partial charge < -0.3 is 0 Å². The summed E-state index contributed by atoms with van der Waals surface area (Å²) < 4.78 is 1.55. The quantitative estimate of drug-likeness (QED) is 0.792. The predicted octanol–water partition coefficient (Wildman–Crippen LogP) is 0.692. The summed E-state index contributed by atoms with van der Waals surface area (Å²) in [7, 11) is 0. The standard InChI is InChI=1S/C14H17N5O2/c1-2-11-3-5-12(6-4-11)14(21)18-17-13(20)7-8-19-10-15-9-16-19/h3-6,9-10H,2,7-8H2,1H3,(H,17,20)(H,18,21). The van der Waals surface area contributed by atoms with Crippen molar-refractivity contribution in [1.82, 2.24) is 25.6 Å². The lowest BCUT2D eigenvalue weighted by atomic mass is 10.1. The van der Waals surface area contributed by atoms with E-state index >= 15 is 0 Å². The van der Waals surface area contributed by atoms with Gasteiger partial charge in [-0.2, -0.15) is 5.10 Å². The SMILES string of the molecule is CCc1ccc(C(=O)NNC(=O)CCn2cncn2)cc1. The van der Waals surface area contributed by atoms with Crippen molar-refractivity contribution < 1.29 is 9.59 Å². The zero-order valence-electron chi connectivity index (χ0n) is 11.7. The van der Waals surface area contributed by atoms with E-state index in [0.717, 1.165) is 12.0 Å². The monoisotopic (exact) mass is 287 g/mol. The summed E-state index contributed by atoms with van der Waals surface area (Å²) in [6, 6.07) is 7.24. The van der Waals surface area contributed by atoms with Crippen LogP contribution >= 0.6 is 0 Å². The van der Waals surface area contributed by atoms with Crippen molar-refractivity contribution in [2.45, 2.75) is 26.3 Å². The predicted molar refractivity (Wildman–Crippen MR) is 76.1 cm³/mol. The van der Waals surface area contributed by atoms with Crippen molar-refractivity contribution in [3.05, 3.63) is 48.0 Å². The third kappa shape index (κ3) is 4.41. The number of carbonyl (C=O) groups excluding carboxylic acids is 2. The summed E-state index contributed by atoms with van der Waals surface area (Å²) in [4.78, 5) is 27.2. The average Bonchev–Trinajstić information content (AvgIpc) is 3.04. The molecule has 0 unspecified atom stereocenters. The highest BCUT2D eigenvalue weighted by molar-refractivity contribution is 5.95. The fourth-order valence-corrected chi connectivity index (χ4v) is 1.72. The first-order valence-corrected chi connectivity index (χ1v) is 6.69. The van der Waals surface area contributed by atoms with E-state index in [-0.39, 0.29) is 18.2 Å². The van der Waals surface area contributed by atoms with Gasteiger partial charge in [-0.3, -0.25) is 25.1 Å². The maximum Gasteiger partial charge on any atom is 0.269 e. The van der Waals surface area contributed by atoms with Gasteiger partial charge in [-0.25, -0.2) is 4.98 Å². The summed E-state index contributed by atoms with van der Waals surface area (Å²) in [5.74, 6) is -0.629. The first-order chi connectivity index (χ1) is 10.2. The van der Waals surface area contributed by atoms with E-state index in [1.54, 1.807) is 16.8 Å². The summed E-state index contributed by atoms with van der Waals surface area (Å²) in [6.45, 7) is 2.46. The number of amides is 2. The van der Waals surface area contributed by atoms with E-state index in [0.29, 0.717) is 12.1 Å². The molecule has 110 valence electrons. The Bertz CT molecular complexity index is 592.